The molecular formula is C22H27N7O. The molecule has 3 aromatic rings. The van der Waals surface area contributed by atoms with Gasteiger partial charge in [-0.25, -0.2) is 0 Å². The molecule has 8 heteroatoms. The van der Waals surface area contributed by atoms with Crippen LogP contribution in [-0.4, -0.2) is 48.4 Å². The molecule has 1 fully saturated rings. The van der Waals surface area contributed by atoms with Crippen LogP contribution >= 0.6 is 0 Å². The van der Waals surface area contributed by atoms with E-state index in [9.17, 15) is 4.79 Å². The van der Waals surface area contributed by atoms with Gasteiger partial charge in [0.05, 0.1) is 6.20 Å². The lowest BCUT2D eigenvalue weighted by Gasteiger charge is -2.25. The SMILES string of the molecule is CCn1cc(CN2C[C@@H]3Cn4c(nnc4C(=O)NCc4ccccc4)C[C@H]3C2)cn1. The van der Waals surface area contributed by atoms with Crippen LogP contribution in [0.25, 0.3) is 0 Å². The van der Waals surface area contributed by atoms with Crippen LogP contribution in [0.2, 0.25) is 0 Å². The number of carbonyl (C=O) groups excluding carboxylic acids is 1. The van der Waals surface area contributed by atoms with Crippen molar-refractivity contribution in [2.45, 2.75) is 39.5 Å². The average Bonchev–Trinajstić information content (AvgIpc) is 3.48. The van der Waals surface area contributed by atoms with Gasteiger partial charge in [0.25, 0.3) is 5.91 Å². The minimum atomic E-state index is -0.155. The first-order valence-electron chi connectivity index (χ1n) is 10.7. The Bertz CT molecular complexity index is 1030. The number of benzene rings is 1. The van der Waals surface area contributed by atoms with Gasteiger partial charge in [-0.1, -0.05) is 30.3 Å². The fourth-order valence-corrected chi connectivity index (χ4v) is 4.69. The molecule has 8 nitrogen and oxygen atoms in total. The first-order chi connectivity index (χ1) is 14.7. The molecule has 2 aliphatic rings. The summed E-state index contributed by atoms with van der Waals surface area (Å²) in [6, 6.07) is 9.92. The second-order valence-electron chi connectivity index (χ2n) is 8.34. The molecule has 0 saturated carbocycles. The van der Waals surface area contributed by atoms with Crippen molar-refractivity contribution < 1.29 is 4.79 Å². The third-order valence-electron chi connectivity index (χ3n) is 6.26. The number of aryl methyl sites for hydroxylation is 1. The predicted molar refractivity (Wildman–Crippen MR) is 111 cm³/mol. The molecule has 30 heavy (non-hydrogen) atoms. The fourth-order valence-electron chi connectivity index (χ4n) is 4.69. The van der Waals surface area contributed by atoms with E-state index in [1.807, 2.05) is 45.8 Å². The Hall–Kier alpha value is -3.00. The van der Waals surface area contributed by atoms with Crippen molar-refractivity contribution in [2.75, 3.05) is 13.1 Å². The zero-order chi connectivity index (χ0) is 20.5. The van der Waals surface area contributed by atoms with Crippen LogP contribution in [0.3, 0.4) is 0 Å². The van der Waals surface area contributed by atoms with E-state index >= 15 is 0 Å². The van der Waals surface area contributed by atoms with E-state index in [1.165, 1.54) is 5.56 Å². The number of likely N-dealkylation sites (tertiary alicyclic amines) is 1. The van der Waals surface area contributed by atoms with Gasteiger partial charge < -0.3 is 9.88 Å². The molecular weight excluding hydrogens is 378 g/mol. The molecule has 0 radical (unpaired) electrons. The number of hydrogen-bond acceptors (Lipinski definition) is 5. The molecule has 2 aromatic heterocycles. The number of amides is 1. The van der Waals surface area contributed by atoms with Crippen LogP contribution in [0.15, 0.2) is 42.7 Å². The maximum atomic E-state index is 12.7. The van der Waals surface area contributed by atoms with Crippen LogP contribution in [-0.2, 0) is 32.6 Å². The summed E-state index contributed by atoms with van der Waals surface area (Å²) in [6.07, 6.45) is 4.98. The van der Waals surface area contributed by atoms with E-state index in [-0.39, 0.29) is 5.91 Å². The lowest BCUT2D eigenvalue weighted by molar-refractivity contribution is 0.0932. The second-order valence-corrected chi connectivity index (χ2v) is 8.34. The van der Waals surface area contributed by atoms with Gasteiger partial charge in [-0.05, 0) is 24.3 Å². The number of nitrogens with one attached hydrogen (secondary N) is 1. The van der Waals surface area contributed by atoms with Crippen molar-refractivity contribution in [1.29, 1.82) is 0 Å². The van der Waals surface area contributed by atoms with E-state index in [4.69, 9.17) is 0 Å². The first kappa shape index (κ1) is 19.0. The van der Waals surface area contributed by atoms with Crippen molar-refractivity contribution in [1.82, 2.24) is 34.8 Å². The summed E-state index contributed by atoms with van der Waals surface area (Å²) in [4.78, 5) is 15.2. The molecule has 156 valence electrons. The molecule has 0 aliphatic carbocycles. The van der Waals surface area contributed by atoms with Crippen molar-refractivity contribution in [3.05, 3.63) is 65.5 Å². The zero-order valence-electron chi connectivity index (χ0n) is 17.2. The highest BCUT2D eigenvalue weighted by atomic mass is 16.2. The van der Waals surface area contributed by atoms with Gasteiger partial charge in [0.2, 0.25) is 5.82 Å². The van der Waals surface area contributed by atoms with Crippen LogP contribution in [0.4, 0.5) is 0 Å². The van der Waals surface area contributed by atoms with Gasteiger partial charge in [-0.2, -0.15) is 5.10 Å². The highest BCUT2D eigenvalue weighted by molar-refractivity contribution is 5.90. The van der Waals surface area contributed by atoms with Gasteiger partial charge in [-0.15, -0.1) is 10.2 Å². The van der Waals surface area contributed by atoms with Crippen molar-refractivity contribution >= 4 is 5.91 Å². The maximum Gasteiger partial charge on any atom is 0.289 e. The van der Waals surface area contributed by atoms with Crippen LogP contribution < -0.4 is 5.32 Å². The number of nitrogens with zero attached hydrogens (tertiary/aromatic N) is 6. The Morgan fingerprint density at radius 1 is 1.10 bits per heavy atom. The third kappa shape index (κ3) is 3.75. The van der Waals surface area contributed by atoms with Crippen LogP contribution in [0.5, 0.6) is 0 Å². The molecule has 0 bridgehead atoms. The quantitative estimate of drug-likeness (QED) is 0.676. The van der Waals surface area contributed by atoms with Crippen LogP contribution in [0, 0.1) is 11.8 Å². The normalized spacial score (nSPS) is 20.7. The van der Waals surface area contributed by atoms with Crippen molar-refractivity contribution in [2.24, 2.45) is 11.8 Å². The summed E-state index contributed by atoms with van der Waals surface area (Å²) in [7, 11) is 0. The molecule has 1 N–H and O–H groups in total. The number of rotatable bonds is 6. The molecule has 5 rings (SSSR count). The highest BCUT2D eigenvalue weighted by Gasteiger charge is 2.39. The minimum Gasteiger partial charge on any atom is -0.345 e. The summed E-state index contributed by atoms with van der Waals surface area (Å²) >= 11 is 0. The Morgan fingerprint density at radius 3 is 2.73 bits per heavy atom. The Labute approximate surface area is 175 Å². The Kier molecular flexibility index (Phi) is 5.08. The average molecular weight is 406 g/mol. The zero-order valence-corrected chi connectivity index (χ0v) is 17.2. The summed E-state index contributed by atoms with van der Waals surface area (Å²) in [5.74, 6) is 2.31. The standard InChI is InChI=1S/C22H27N7O/c1-2-28-12-17(10-24-28)11-27-13-18-8-20-25-26-21(29(20)15-19(18)14-27)22(30)23-9-16-6-4-3-5-7-16/h3-7,10,12,18-19H,2,8-9,11,13-15H2,1H3,(H,23,30)/t18-,19+/m0/s1. The molecule has 0 spiro atoms. The number of aromatic nitrogens is 5. The Morgan fingerprint density at radius 2 is 1.93 bits per heavy atom. The molecule has 4 heterocycles. The Balaban J connectivity index is 1.22. The number of carbonyl (C=O) groups is 1. The predicted octanol–water partition coefficient (Wildman–Crippen LogP) is 1.73. The monoisotopic (exact) mass is 405 g/mol. The van der Waals surface area contributed by atoms with Crippen LogP contribution in [0.1, 0.15) is 34.5 Å². The van der Waals surface area contributed by atoms with Crippen molar-refractivity contribution in [3.63, 3.8) is 0 Å². The summed E-state index contributed by atoms with van der Waals surface area (Å²) < 4.78 is 4.00. The van der Waals surface area contributed by atoms with Gasteiger partial charge in [0.1, 0.15) is 5.82 Å². The summed E-state index contributed by atoms with van der Waals surface area (Å²) in [5.41, 5.74) is 2.33. The number of fused-ring (bicyclic) bond motifs is 2. The molecule has 2 aliphatic heterocycles. The van der Waals surface area contributed by atoms with E-state index in [0.717, 1.165) is 50.5 Å². The smallest absolute Gasteiger partial charge is 0.289 e. The van der Waals surface area contributed by atoms with Gasteiger partial charge in [0, 0.05) is 57.4 Å². The van der Waals surface area contributed by atoms with Gasteiger partial charge in [0.15, 0.2) is 0 Å². The molecule has 0 unspecified atom stereocenters. The minimum absolute atomic E-state index is 0.155. The van der Waals surface area contributed by atoms with Gasteiger partial charge in [-0.3, -0.25) is 14.4 Å². The highest BCUT2D eigenvalue weighted by Crippen LogP contribution is 2.33. The van der Waals surface area contributed by atoms with E-state index in [1.54, 1.807) is 0 Å². The fraction of sp³-hybridized carbons (Fsp3) is 0.455. The number of hydrogen-bond donors (Lipinski definition) is 1. The maximum absolute atomic E-state index is 12.7. The third-order valence-corrected chi connectivity index (χ3v) is 6.26. The largest absolute Gasteiger partial charge is 0.345 e. The lowest BCUT2D eigenvalue weighted by atomic mass is 9.89. The van der Waals surface area contributed by atoms with Crippen molar-refractivity contribution in [3.8, 4) is 0 Å². The van der Waals surface area contributed by atoms with E-state index in [2.05, 4.69) is 38.6 Å². The molecule has 2 atom stereocenters. The molecule has 1 amide bonds. The topological polar surface area (TPSA) is 80.9 Å². The summed E-state index contributed by atoms with van der Waals surface area (Å²) in [5, 5.41) is 15.9. The molecule has 1 aromatic carbocycles. The van der Waals surface area contributed by atoms with Gasteiger partial charge >= 0.3 is 0 Å². The lowest BCUT2D eigenvalue weighted by Crippen LogP contribution is -2.32. The molecule has 1 saturated heterocycles. The first-order valence-corrected chi connectivity index (χ1v) is 10.7. The van der Waals surface area contributed by atoms with E-state index in [0.29, 0.717) is 24.2 Å². The summed E-state index contributed by atoms with van der Waals surface area (Å²) in [6.45, 7) is 7.32. The van der Waals surface area contributed by atoms with E-state index < -0.39 is 0 Å². The second kappa shape index (κ2) is 8.02.